The molecule has 0 radical (unpaired) electrons. The maximum atomic E-state index is 13.2. The van der Waals surface area contributed by atoms with Crippen LogP contribution in [0.5, 0.6) is 0 Å². The van der Waals surface area contributed by atoms with Crippen molar-refractivity contribution in [2.75, 3.05) is 6.54 Å². The van der Waals surface area contributed by atoms with Gasteiger partial charge in [-0.2, -0.15) is 0 Å². The largest absolute Gasteiger partial charge is 0.344 e. The number of hydrogen-bond acceptors (Lipinski definition) is 1. The Morgan fingerprint density at radius 3 is 2.81 bits per heavy atom. The lowest BCUT2D eigenvalue weighted by Crippen LogP contribution is -2.35. The van der Waals surface area contributed by atoms with E-state index in [0.29, 0.717) is 6.04 Å². The van der Waals surface area contributed by atoms with Gasteiger partial charge in [-0.25, -0.2) is 4.39 Å². The normalized spacial score (nSPS) is 19.7. The lowest BCUT2D eigenvalue weighted by molar-refractivity contribution is 0.224. The number of aromatic nitrogens is 1. The van der Waals surface area contributed by atoms with Crippen molar-refractivity contribution < 1.29 is 4.39 Å². The molecule has 4 heteroatoms. The van der Waals surface area contributed by atoms with Crippen LogP contribution in [0.3, 0.4) is 0 Å². The van der Waals surface area contributed by atoms with Gasteiger partial charge in [-0.3, -0.25) is 4.90 Å². The molecule has 0 saturated carbocycles. The van der Waals surface area contributed by atoms with E-state index in [4.69, 9.17) is 11.6 Å². The van der Waals surface area contributed by atoms with E-state index < -0.39 is 0 Å². The lowest BCUT2D eigenvalue weighted by atomic mass is 9.99. The first-order valence-corrected chi connectivity index (χ1v) is 9.85. The molecule has 1 saturated heterocycles. The standard InChI is InChI=1S/C22H22ClFN2/c23-16-5-8-21-19(12-16)20-14-25-10-1-2-18(25)13-22(20)26(21)11-9-15-3-6-17(24)7-4-15/h3-8,12,18H,1-2,9-11,13-14H2. The molecule has 0 spiro atoms. The fourth-order valence-corrected chi connectivity index (χ4v) is 4.94. The quantitative estimate of drug-likeness (QED) is 0.617. The predicted octanol–water partition coefficient (Wildman–Crippen LogP) is 5.20. The van der Waals surface area contributed by atoms with Gasteiger partial charge in [0.05, 0.1) is 0 Å². The summed E-state index contributed by atoms with van der Waals surface area (Å²) in [5.41, 5.74) is 5.39. The Labute approximate surface area is 158 Å². The van der Waals surface area contributed by atoms with Gasteiger partial charge in [0.1, 0.15) is 5.82 Å². The van der Waals surface area contributed by atoms with Crippen LogP contribution in [0.2, 0.25) is 5.02 Å². The number of rotatable bonds is 3. The van der Waals surface area contributed by atoms with E-state index in [-0.39, 0.29) is 5.82 Å². The third-order valence-corrected chi connectivity index (χ3v) is 6.31. The number of fused-ring (bicyclic) bond motifs is 4. The summed E-state index contributed by atoms with van der Waals surface area (Å²) in [5.74, 6) is -0.173. The van der Waals surface area contributed by atoms with Gasteiger partial charge in [-0.15, -0.1) is 0 Å². The van der Waals surface area contributed by atoms with E-state index in [1.165, 1.54) is 47.1 Å². The van der Waals surface area contributed by atoms with Crippen molar-refractivity contribution in [2.45, 2.75) is 44.8 Å². The van der Waals surface area contributed by atoms with Crippen LogP contribution in [-0.2, 0) is 25.9 Å². The van der Waals surface area contributed by atoms with Gasteiger partial charge in [0.2, 0.25) is 0 Å². The van der Waals surface area contributed by atoms with E-state index >= 15 is 0 Å². The summed E-state index contributed by atoms with van der Waals surface area (Å²) in [7, 11) is 0. The van der Waals surface area contributed by atoms with Gasteiger partial charge in [0, 0.05) is 47.2 Å². The van der Waals surface area contributed by atoms with Crippen molar-refractivity contribution in [1.29, 1.82) is 0 Å². The first-order chi connectivity index (χ1) is 12.7. The molecule has 1 unspecified atom stereocenters. The zero-order valence-electron chi connectivity index (χ0n) is 14.7. The van der Waals surface area contributed by atoms with E-state index in [1.807, 2.05) is 18.2 Å². The third-order valence-electron chi connectivity index (χ3n) is 6.08. The topological polar surface area (TPSA) is 8.17 Å². The molecule has 2 nitrogen and oxygen atoms in total. The monoisotopic (exact) mass is 368 g/mol. The van der Waals surface area contributed by atoms with Crippen LogP contribution in [0.4, 0.5) is 4.39 Å². The molecule has 3 aromatic rings. The summed E-state index contributed by atoms with van der Waals surface area (Å²) in [5, 5.41) is 2.11. The number of halogens is 2. The van der Waals surface area contributed by atoms with E-state index in [2.05, 4.69) is 21.6 Å². The van der Waals surface area contributed by atoms with Crippen LogP contribution >= 0.6 is 11.6 Å². The number of benzene rings is 2. The predicted molar refractivity (Wildman–Crippen MR) is 104 cm³/mol. The smallest absolute Gasteiger partial charge is 0.123 e. The summed E-state index contributed by atoms with van der Waals surface area (Å²) in [6.07, 6.45) is 4.65. The van der Waals surface area contributed by atoms with Crippen molar-refractivity contribution >= 4 is 22.5 Å². The highest BCUT2D eigenvalue weighted by atomic mass is 35.5. The first-order valence-electron chi connectivity index (χ1n) is 9.47. The number of aryl methyl sites for hydroxylation is 2. The molecule has 1 aromatic heterocycles. The highest BCUT2D eigenvalue weighted by Crippen LogP contribution is 2.37. The van der Waals surface area contributed by atoms with Crippen LogP contribution in [0.15, 0.2) is 42.5 Å². The zero-order valence-corrected chi connectivity index (χ0v) is 15.5. The van der Waals surface area contributed by atoms with Crippen LogP contribution < -0.4 is 0 Å². The van der Waals surface area contributed by atoms with Gasteiger partial charge in [-0.05, 0) is 67.3 Å². The highest BCUT2D eigenvalue weighted by molar-refractivity contribution is 6.31. The summed E-state index contributed by atoms with van der Waals surface area (Å²) >= 11 is 6.31. The van der Waals surface area contributed by atoms with Crippen molar-refractivity contribution in [3.63, 3.8) is 0 Å². The molecule has 0 bridgehead atoms. The molecular weight excluding hydrogens is 347 g/mol. The summed E-state index contributed by atoms with van der Waals surface area (Å²) < 4.78 is 15.7. The van der Waals surface area contributed by atoms with Crippen molar-refractivity contribution in [2.24, 2.45) is 0 Å². The summed E-state index contributed by atoms with van der Waals surface area (Å²) in [6, 6.07) is 13.8. The summed E-state index contributed by atoms with van der Waals surface area (Å²) in [4.78, 5) is 2.63. The molecule has 2 aliphatic heterocycles. The maximum Gasteiger partial charge on any atom is 0.123 e. The molecule has 1 fully saturated rings. The minimum atomic E-state index is -0.173. The second-order valence-corrected chi connectivity index (χ2v) is 8.02. The summed E-state index contributed by atoms with van der Waals surface area (Å²) in [6.45, 7) is 3.18. The van der Waals surface area contributed by atoms with Crippen LogP contribution in [0.25, 0.3) is 10.9 Å². The first kappa shape index (κ1) is 16.3. The Bertz CT molecular complexity index is 960. The number of hydrogen-bond donors (Lipinski definition) is 0. The fourth-order valence-electron chi connectivity index (χ4n) is 4.77. The Balaban J connectivity index is 1.54. The van der Waals surface area contributed by atoms with Gasteiger partial charge >= 0.3 is 0 Å². The molecule has 0 aliphatic carbocycles. The molecule has 26 heavy (non-hydrogen) atoms. The Morgan fingerprint density at radius 2 is 1.96 bits per heavy atom. The van der Waals surface area contributed by atoms with Crippen LogP contribution in [0, 0.1) is 5.82 Å². The van der Waals surface area contributed by atoms with Gasteiger partial charge in [0.15, 0.2) is 0 Å². The third kappa shape index (κ3) is 2.74. The second kappa shape index (κ2) is 6.40. The Morgan fingerprint density at radius 1 is 1.12 bits per heavy atom. The molecule has 134 valence electrons. The average molecular weight is 369 g/mol. The molecule has 2 aliphatic rings. The van der Waals surface area contributed by atoms with E-state index in [9.17, 15) is 4.39 Å². The SMILES string of the molecule is Fc1ccc(CCn2c3c(c4cc(Cl)ccc42)CN2CCCC2C3)cc1. The molecule has 1 atom stereocenters. The molecule has 3 heterocycles. The van der Waals surface area contributed by atoms with Crippen molar-refractivity contribution in [3.05, 3.63) is 70.1 Å². The van der Waals surface area contributed by atoms with Crippen LogP contribution in [0.1, 0.15) is 29.7 Å². The van der Waals surface area contributed by atoms with Gasteiger partial charge < -0.3 is 4.57 Å². The van der Waals surface area contributed by atoms with Crippen molar-refractivity contribution in [1.82, 2.24) is 9.47 Å². The average Bonchev–Trinajstić information content (AvgIpc) is 3.21. The maximum absolute atomic E-state index is 13.2. The Kier molecular flexibility index (Phi) is 4.02. The number of nitrogens with zero attached hydrogens (tertiary/aromatic N) is 2. The fraction of sp³-hybridized carbons (Fsp3) is 0.364. The Hall–Kier alpha value is -1.84. The molecule has 0 amide bonds. The van der Waals surface area contributed by atoms with Crippen molar-refractivity contribution in [3.8, 4) is 0 Å². The van der Waals surface area contributed by atoms with E-state index in [1.54, 1.807) is 12.1 Å². The minimum Gasteiger partial charge on any atom is -0.344 e. The molecule has 2 aromatic carbocycles. The lowest BCUT2D eigenvalue weighted by Gasteiger charge is -2.30. The zero-order chi connectivity index (χ0) is 17.7. The minimum absolute atomic E-state index is 0.173. The van der Waals surface area contributed by atoms with Gasteiger partial charge in [-0.1, -0.05) is 23.7 Å². The second-order valence-electron chi connectivity index (χ2n) is 7.59. The van der Waals surface area contributed by atoms with Crippen LogP contribution in [-0.4, -0.2) is 22.1 Å². The van der Waals surface area contributed by atoms with Gasteiger partial charge in [0.25, 0.3) is 0 Å². The molecule has 0 N–H and O–H groups in total. The molecule has 5 rings (SSSR count). The molecular formula is C22H22ClFN2. The van der Waals surface area contributed by atoms with E-state index in [0.717, 1.165) is 31.0 Å². The highest BCUT2D eigenvalue weighted by Gasteiger charge is 2.33.